The Labute approximate surface area is 154 Å². The van der Waals surface area contributed by atoms with Crippen LogP contribution in [-0.4, -0.2) is 34.3 Å². The number of allylic oxidation sites excluding steroid dienone is 1. The van der Waals surface area contributed by atoms with E-state index in [1.165, 1.54) is 11.3 Å². The molecule has 0 bridgehead atoms. The van der Waals surface area contributed by atoms with Crippen molar-refractivity contribution in [2.75, 3.05) is 6.61 Å². The second-order valence-electron chi connectivity index (χ2n) is 5.96. The van der Waals surface area contributed by atoms with E-state index in [0.29, 0.717) is 10.5 Å². The molecule has 1 aromatic heterocycles. The lowest BCUT2D eigenvalue weighted by Gasteiger charge is -2.11. The third kappa shape index (κ3) is 3.35. The lowest BCUT2D eigenvalue weighted by Crippen LogP contribution is -2.14. The molecule has 4 rings (SSSR count). The number of aromatic hydroxyl groups is 1. The molecule has 1 fully saturated rings. The minimum absolute atomic E-state index is 0.127. The number of hydrogen-bond acceptors (Lipinski definition) is 6. The maximum absolute atomic E-state index is 10.6. The highest BCUT2D eigenvalue weighted by Crippen LogP contribution is 2.31. The summed E-state index contributed by atoms with van der Waals surface area (Å²) in [5.41, 5.74) is 2.65. The molecule has 1 saturated heterocycles. The second-order valence-corrected chi connectivity index (χ2v) is 7.64. The molecule has 0 radical (unpaired) electrons. The van der Waals surface area contributed by atoms with Crippen molar-refractivity contribution in [3.05, 3.63) is 50.3 Å². The van der Waals surface area contributed by atoms with Crippen LogP contribution in [0.15, 0.2) is 46.1 Å². The molecule has 3 heterocycles. The normalized spacial score (nSPS) is 21.2. The molecule has 1 aromatic carbocycles. The van der Waals surface area contributed by atoms with Gasteiger partial charge in [-0.05, 0) is 31.1 Å². The van der Waals surface area contributed by atoms with Crippen molar-refractivity contribution < 1.29 is 9.84 Å². The van der Waals surface area contributed by atoms with Crippen LogP contribution in [0, 0.1) is 3.95 Å². The number of rotatable bonds is 4. The van der Waals surface area contributed by atoms with Crippen molar-refractivity contribution >= 4 is 41.6 Å². The lowest BCUT2D eigenvalue weighted by atomic mass is 10.0. The molecular weight excluding hydrogens is 354 g/mol. The van der Waals surface area contributed by atoms with Gasteiger partial charge in [0.05, 0.1) is 23.7 Å². The Hall–Kier alpha value is -2.09. The van der Waals surface area contributed by atoms with E-state index in [4.69, 9.17) is 17.0 Å². The van der Waals surface area contributed by atoms with E-state index in [2.05, 4.69) is 10.2 Å². The molecule has 0 saturated carbocycles. The van der Waals surface area contributed by atoms with Crippen LogP contribution in [0.3, 0.4) is 0 Å². The van der Waals surface area contributed by atoms with Gasteiger partial charge in [0, 0.05) is 17.7 Å². The fraction of sp³-hybridized carbons (Fsp3) is 0.278. The average molecular weight is 371 g/mol. The van der Waals surface area contributed by atoms with Gasteiger partial charge in [0.15, 0.2) is 3.95 Å². The summed E-state index contributed by atoms with van der Waals surface area (Å²) in [6.07, 6.45) is 5.79. The minimum Gasteiger partial charge on any atom is -0.493 e. The van der Waals surface area contributed by atoms with Gasteiger partial charge in [-0.2, -0.15) is 5.10 Å². The van der Waals surface area contributed by atoms with Gasteiger partial charge in [-0.15, -0.1) is 16.4 Å². The number of hydrogen-bond donors (Lipinski definition) is 1. The molecule has 2 aliphatic rings. The first-order chi connectivity index (χ1) is 12.2. The quantitative estimate of drug-likeness (QED) is 0.826. The summed E-state index contributed by atoms with van der Waals surface area (Å²) in [7, 11) is 0. The summed E-state index contributed by atoms with van der Waals surface area (Å²) in [4.78, 5) is 0.718. The van der Waals surface area contributed by atoms with Crippen LogP contribution < -0.4 is 0 Å². The van der Waals surface area contributed by atoms with Gasteiger partial charge in [0.1, 0.15) is 5.71 Å². The van der Waals surface area contributed by atoms with Gasteiger partial charge < -0.3 is 9.84 Å². The molecule has 128 valence electrons. The number of benzene rings is 1. The van der Waals surface area contributed by atoms with E-state index in [0.717, 1.165) is 41.2 Å². The van der Waals surface area contributed by atoms with Gasteiger partial charge >= 0.3 is 0 Å². The molecule has 1 N–H and O–H groups in total. The van der Waals surface area contributed by atoms with Crippen molar-refractivity contribution in [3.8, 4) is 5.88 Å². The summed E-state index contributed by atoms with van der Waals surface area (Å²) in [5, 5.41) is 18.8. The maximum atomic E-state index is 10.6. The maximum Gasteiger partial charge on any atom is 0.210 e. The summed E-state index contributed by atoms with van der Waals surface area (Å²) < 4.78 is 8.06. The predicted molar refractivity (Wildman–Crippen MR) is 103 cm³/mol. The highest BCUT2D eigenvalue weighted by Gasteiger charge is 2.21. The molecule has 0 aliphatic carbocycles. The SMILES string of the molecule is Oc1c(C=C2C=NN=C2c2ccccc2)sc(=S)n1C[C@H]1CCCO1. The number of nitrogens with zero attached hydrogens (tertiary/aromatic N) is 3. The monoisotopic (exact) mass is 371 g/mol. The molecular formula is C18H17N3O2S2. The van der Waals surface area contributed by atoms with E-state index in [9.17, 15) is 5.11 Å². The fourth-order valence-electron chi connectivity index (χ4n) is 3.00. The van der Waals surface area contributed by atoms with Gasteiger partial charge in [0.2, 0.25) is 5.88 Å². The molecule has 0 spiro atoms. The Bertz CT molecular complexity index is 920. The molecule has 2 aromatic rings. The van der Waals surface area contributed by atoms with Crippen molar-refractivity contribution in [2.24, 2.45) is 10.2 Å². The van der Waals surface area contributed by atoms with E-state index in [1.54, 1.807) is 10.8 Å². The van der Waals surface area contributed by atoms with Crippen LogP contribution in [0.5, 0.6) is 5.88 Å². The van der Waals surface area contributed by atoms with E-state index < -0.39 is 0 Å². The van der Waals surface area contributed by atoms with Gasteiger partial charge in [-0.3, -0.25) is 4.57 Å². The van der Waals surface area contributed by atoms with Crippen LogP contribution in [0.25, 0.3) is 6.08 Å². The highest BCUT2D eigenvalue weighted by molar-refractivity contribution is 7.73. The Morgan fingerprint density at radius 1 is 1.36 bits per heavy atom. The van der Waals surface area contributed by atoms with Crippen LogP contribution in [-0.2, 0) is 11.3 Å². The Kier molecular flexibility index (Phi) is 4.61. The first-order valence-corrected chi connectivity index (χ1v) is 9.37. The van der Waals surface area contributed by atoms with Crippen molar-refractivity contribution in [1.29, 1.82) is 0 Å². The number of thiazole rings is 1. The third-order valence-electron chi connectivity index (χ3n) is 4.27. The molecule has 1 atom stereocenters. The topological polar surface area (TPSA) is 59.1 Å². The first kappa shape index (κ1) is 16.4. The van der Waals surface area contributed by atoms with Crippen molar-refractivity contribution in [1.82, 2.24) is 4.57 Å². The Morgan fingerprint density at radius 2 is 2.20 bits per heavy atom. The average Bonchev–Trinajstić information content (AvgIpc) is 3.35. The van der Waals surface area contributed by atoms with Gasteiger partial charge in [-0.1, -0.05) is 30.3 Å². The van der Waals surface area contributed by atoms with E-state index in [-0.39, 0.29) is 12.0 Å². The Balaban J connectivity index is 1.64. The third-order valence-corrected chi connectivity index (χ3v) is 5.65. The lowest BCUT2D eigenvalue weighted by molar-refractivity contribution is 0.0948. The van der Waals surface area contributed by atoms with Crippen molar-refractivity contribution in [2.45, 2.75) is 25.5 Å². The second kappa shape index (κ2) is 7.03. The molecule has 0 amide bonds. The van der Waals surface area contributed by atoms with Crippen LogP contribution >= 0.6 is 23.6 Å². The summed E-state index contributed by atoms with van der Waals surface area (Å²) in [5.74, 6) is 0.186. The van der Waals surface area contributed by atoms with Crippen LogP contribution in [0.2, 0.25) is 0 Å². The van der Waals surface area contributed by atoms with Crippen molar-refractivity contribution in [3.63, 3.8) is 0 Å². The van der Waals surface area contributed by atoms with Crippen LogP contribution in [0.4, 0.5) is 0 Å². The first-order valence-electron chi connectivity index (χ1n) is 8.15. The van der Waals surface area contributed by atoms with E-state index >= 15 is 0 Å². The Morgan fingerprint density at radius 3 is 2.96 bits per heavy atom. The summed E-state index contributed by atoms with van der Waals surface area (Å²) in [6.45, 7) is 1.38. The number of aromatic nitrogens is 1. The summed E-state index contributed by atoms with van der Waals surface area (Å²) >= 11 is 6.82. The molecule has 25 heavy (non-hydrogen) atoms. The molecule has 7 heteroatoms. The number of ether oxygens (including phenoxy) is 1. The minimum atomic E-state index is 0.127. The zero-order valence-electron chi connectivity index (χ0n) is 13.5. The highest BCUT2D eigenvalue weighted by atomic mass is 32.1. The molecule has 2 aliphatic heterocycles. The fourth-order valence-corrected chi connectivity index (χ4v) is 4.27. The van der Waals surface area contributed by atoms with Gasteiger partial charge in [0.25, 0.3) is 0 Å². The molecule has 5 nitrogen and oxygen atoms in total. The van der Waals surface area contributed by atoms with Gasteiger partial charge in [-0.25, -0.2) is 0 Å². The zero-order valence-corrected chi connectivity index (χ0v) is 15.1. The van der Waals surface area contributed by atoms with E-state index in [1.807, 2.05) is 36.4 Å². The standard InChI is InChI=1S/C18H17N3O2S2/c22-17-15(25-18(24)21(17)11-14-7-4-8-23-14)9-13-10-19-20-16(13)12-5-2-1-3-6-12/h1-3,5-6,9-10,14,22H,4,7-8,11H2/t14-/m1/s1. The van der Waals surface area contributed by atoms with Crippen LogP contribution in [0.1, 0.15) is 23.3 Å². The zero-order chi connectivity index (χ0) is 17.2. The largest absolute Gasteiger partial charge is 0.493 e. The summed E-state index contributed by atoms with van der Waals surface area (Å²) in [6, 6.07) is 9.88. The molecule has 0 unspecified atom stereocenters. The smallest absolute Gasteiger partial charge is 0.210 e. The predicted octanol–water partition coefficient (Wildman–Crippen LogP) is 4.04.